The monoisotopic (exact) mass is 528 g/mol. The molecule has 0 saturated carbocycles. The average molecular weight is 529 g/mol. The van der Waals surface area contributed by atoms with Crippen molar-refractivity contribution in [1.82, 2.24) is 21.3 Å². The molecule has 13 nitrogen and oxygen atoms in total. The number of carbonyl (C=O) groups is 6. The van der Waals surface area contributed by atoms with Gasteiger partial charge in [-0.2, -0.15) is 0 Å². The predicted molar refractivity (Wildman–Crippen MR) is 126 cm³/mol. The third-order valence-electron chi connectivity index (χ3n) is 3.97. The second-order valence-electron chi connectivity index (χ2n) is 8.18. The molecule has 1 rings (SSSR count). The molecule has 0 fully saturated rings. The van der Waals surface area contributed by atoms with Gasteiger partial charge in [-0.05, 0) is 26.3 Å². The number of hydrogen-bond donors (Lipinski definition) is 4. The molecule has 0 radical (unpaired) electrons. The normalized spacial score (nSPS) is 11.3. The van der Waals surface area contributed by atoms with E-state index in [-0.39, 0.29) is 6.42 Å². The van der Waals surface area contributed by atoms with Gasteiger partial charge in [0.1, 0.15) is 24.7 Å². The molecule has 4 amide bonds. The molecule has 36 heavy (non-hydrogen) atoms. The first-order valence-electron chi connectivity index (χ1n) is 10.7. The number of carbonyl (C=O) groups excluding carboxylic acids is 6. The van der Waals surface area contributed by atoms with Crippen LogP contribution in [0.15, 0.2) is 30.3 Å². The fourth-order valence-electron chi connectivity index (χ4n) is 2.49. The zero-order valence-corrected chi connectivity index (χ0v) is 20.8. The van der Waals surface area contributed by atoms with E-state index < -0.39 is 73.3 Å². The van der Waals surface area contributed by atoms with Crippen molar-refractivity contribution in [2.75, 3.05) is 26.4 Å². The Bertz CT molecular complexity index is 935. The Morgan fingerprint density at radius 2 is 1.50 bits per heavy atom. The molecule has 0 aromatic heterocycles. The van der Waals surface area contributed by atoms with E-state index in [1.807, 2.05) is 0 Å². The van der Waals surface area contributed by atoms with E-state index >= 15 is 0 Å². The van der Waals surface area contributed by atoms with Gasteiger partial charge >= 0.3 is 17.5 Å². The molecular formula is C22H29ClN4O9. The van der Waals surface area contributed by atoms with Gasteiger partial charge in [-0.15, -0.1) is 0 Å². The van der Waals surface area contributed by atoms with Crippen LogP contribution in [-0.4, -0.2) is 73.3 Å². The van der Waals surface area contributed by atoms with E-state index in [2.05, 4.69) is 30.7 Å². The summed E-state index contributed by atoms with van der Waals surface area (Å²) in [5.41, 5.74) is -1.17. The van der Waals surface area contributed by atoms with Gasteiger partial charge in [0.15, 0.2) is 0 Å². The van der Waals surface area contributed by atoms with Crippen LogP contribution in [-0.2, 0) is 39.8 Å². The van der Waals surface area contributed by atoms with Crippen LogP contribution in [0.5, 0.6) is 0 Å². The van der Waals surface area contributed by atoms with Gasteiger partial charge in [0.05, 0.1) is 6.54 Å². The number of hydrogen-bond acceptors (Lipinski definition) is 9. The Hall–Kier alpha value is -3.87. The Morgan fingerprint density at radius 1 is 0.861 bits per heavy atom. The van der Waals surface area contributed by atoms with Crippen molar-refractivity contribution >= 4 is 46.8 Å². The van der Waals surface area contributed by atoms with Crippen molar-refractivity contribution in [3.63, 3.8) is 0 Å². The van der Waals surface area contributed by atoms with Crippen LogP contribution >= 0.6 is 11.6 Å². The first kappa shape index (κ1) is 30.2. The second kappa shape index (κ2) is 15.2. The maximum absolute atomic E-state index is 12.6. The Kier molecular flexibility index (Phi) is 12.7. The van der Waals surface area contributed by atoms with Crippen LogP contribution in [0.4, 0.5) is 9.59 Å². The number of amides is 4. The standard InChI is InChI=1S/C22H29ClN4O9/c1-22(2,3)36-21(33)26-10-16(28)24-11-17(29)27-15(9-14-7-5-4-6-8-14)19(31)25-12-18(30)34-13-35-20(23)32/h4-8,15H,9-13H2,1-3H3,(H,24,28)(H,25,31)(H,26,33)(H,27,29)/t15-/m0/s1. The summed E-state index contributed by atoms with van der Waals surface area (Å²) in [6.07, 6.45) is -0.702. The molecule has 1 aromatic rings. The molecule has 1 aromatic carbocycles. The molecule has 198 valence electrons. The van der Waals surface area contributed by atoms with Gasteiger partial charge < -0.3 is 35.5 Å². The van der Waals surface area contributed by atoms with Crippen molar-refractivity contribution in [1.29, 1.82) is 0 Å². The lowest BCUT2D eigenvalue weighted by molar-refractivity contribution is -0.151. The van der Waals surface area contributed by atoms with Crippen LogP contribution in [0.2, 0.25) is 0 Å². The summed E-state index contributed by atoms with van der Waals surface area (Å²) >= 11 is 4.94. The summed E-state index contributed by atoms with van der Waals surface area (Å²) < 4.78 is 13.8. The van der Waals surface area contributed by atoms with Crippen molar-refractivity contribution in [2.24, 2.45) is 0 Å². The third-order valence-corrected chi connectivity index (χ3v) is 4.08. The zero-order chi connectivity index (χ0) is 27.1. The van der Waals surface area contributed by atoms with Crippen molar-refractivity contribution in [2.45, 2.75) is 38.8 Å². The number of alkyl carbamates (subject to hydrolysis) is 1. The fraction of sp³-hybridized carbons (Fsp3) is 0.455. The van der Waals surface area contributed by atoms with Gasteiger partial charge in [-0.1, -0.05) is 30.3 Å². The quantitative estimate of drug-likeness (QED) is 0.169. The average Bonchev–Trinajstić information content (AvgIpc) is 2.78. The Morgan fingerprint density at radius 3 is 2.11 bits per heavy atom. The molecule has 1 atom stereocenters. The van der Waals surface area contributed by atoms with Crippen LogP contribution in [0.1, 0.15) is 26.3 Å². The largest absolute Gasteiger partial charge is 0.444 e. The van der Waals surface area contributed by atoms with E-state index in [1.165, 1.54) is 0 Å². The number of rotatable bonds is 12. The molecule has 14 heteroatoms. The number of esters is 1. The Balaban J connectivity index is 2.59. The highest BCUT2D eigenvalue weighted by atomic mass is 35.5. The van der Waals surface area contributed by atoms with E-state index in [4.69, 9.17) is 16.3 Å². The molecule has 0 saturated heterocycles. The van der Waals surface area contributed by atoms with Gasteiger partial charge in [-0.25, -0.2) is 9.59 Å². The molecule has 0 aliphatic heterocycles. The van der Waals surface area contributed by atoms with Crippen LogP contribution in [0, 0.1) is 0 Å². The number of halogens is 1. The number of benzene rings is 1. The minimum Gasteiger partial charge on any atom is -0.444 e. The van der Waals surface area contributed by atoms with Gasteiger partial charge in [0.25, 0.3) is 0 Å². The molecule has 0 aliphatic rings. The molecular weight excluding hydrogens is 500 g/mol. The lowest BCUT2D eigenvalue weighted by atomic mass is 10.1. The topological polar surface area (TPSA) is 178 Å². The summed E-state index contributed by atoms with van der Waals surface area (Å²) in [5.74, 6) is -2.94. The summed E-state index contributed by atoms with van der Waals surface area (Å²) in [6.45, 7) is 2.83. The highest BCUT2D eigenvalue weighted by Gasteiger charge is 2.23. The fourth-order valence-corrected chi connectivity index (χ4v) is 2.53. The molecule has 0 heterocycles. The smallest absolute Gasteiger partial charge is 0.408 e. The van der Waals surface area contributed by atoms with E-state index in [0.717, 1.165) is 5.56 Å². The molecule has 0 bridgehead atoms. The maximum Gasteiger partial charge on any atom is 0.408 e. The zero-order valence-electron chi connectivity index (χ0n) is 20.1. The van der Waals surface area contributed by atoms with Crippen LogP contribution in [0.25, 0.3) is 0 Å². The molecule has 4 N–H and O–H groups in total. The Labute approximate surface area is 212 Å². The van der Waals surface area contributed by atoms with E-state index in [1.54, 1.807) is 51.1 Å². The van der Waals surface area contributed by atoms with Crippen molar-refractivity contribution < 1.29 is 43.0 Å². The third kappa shape index (κ3) is 14.4. The summed E-state index contributed by atoms with van der Waals surface area (Å²) in [5, 5.41) is 9.36. The number of ether oxygens (including phenoxy) is 3. The minimum absolute atomic E-state index is 0.0888. The number of nitrogens with one attached hydrogen (secondary N) is 4. The minimum atomic E-state index is -1.16. The molecule has 0 unspecified atom stereocenters. The maximum atomic E-state index is 12.6. The van der Waals surface area contributed by atoms with Crippen LogP contribution in [0.3, 0.4) is 0 Å². The highest BCUT2D eigenvalue weighted by Crippen LogP contribution is 2.06. The summed E-state index contributed by atoms with van der Waals surface area (Å²) in [4.78, 5) is 70.6. The molecule has 0 spiro atoms. The predicted octanol–water partition coefficient (Wildman–Crippen LogP) is 0.347. The lowest BCUT2D eigenvalue weighted by Crippen LogP contribution is -2.52. The van der Waals surface area contributed by atoms with E-state index in [9.17, 15) is 28.8 Å². The second-order valence-corrected chi connectivity index (χ2v) is 8.48. The van der Waals surface area contributed by atoms with Crippen molar-refractivity contribution in [3.8, 4) is 0 Å². The summed E-state index contributed by atoms with van der Waals surface area (Å²) in [6, 6.07) is 7.67. The first-order valence-corrected chi connectivity index (χ1v) is 11.1. The summed E-state index contributed by atoms with van der Waals surface area (Å²) in [7, 11) is 0. The lowest BCUT2D eigenvalue weighted by Gasteiger charge is -2.20. The van der Waals surface area contributed by atoms with E-state index in [0.29, 0.717) is 0 Å². The first-order chi connectivity index (χ1) is 16.9. The van der Waals surface area contributed by atoms with Gasteiger partial charge in [0, 0.05) is 18.0 Å². The van der Waals surface area contributed by atoms with Crippen molar-refractivity contribution in [3.05, 3.63) is 35.9 Å². The molecule has 0 aliphatic carbocycles. The van der Waals surface area contributed by atoms with Gasteiger partial charge in [0.2, 0.25) is 24.5 Å². The van der Waals surface area contributed by atoms with Crippen LogP contribution < -0.4 is 21.3 Å². The highest BCUT2D eigenvalue weighted by molar-refractivity contribution is 6.61. The SMILES string of the molecule is CC(C)(C)OC(=O)NCC(=O)NCC(=O)N[C@@H](Cc1ccccc1)C(=O)NCC(=O)OCOC(=O)Cl. The van der Waals surface area contributed by atoms with Gasteiger partial charge in [-0.3, -0.25) is 19.2 Å².